The first-order valence-corrected chi connectivity index (χ1v) is 8.90. The Morgan fingerprint density at radius 2 is 1.60 bits per heavy atom. The Hall–Kier alpha value is -0.880. The van der Waals surface area contributed by atoms with E-state index in [1.54, 1.807) is 6.08 Å². The largest absolute Gasteiger partial charge is 0.480 e. The monoisotopic (exact) mass is 305 g/mol. The molecule has 20 heavy (non-hydrogen) atoms. The van der Waals surface area contributed by atoms with Gasteiger partial charge in [-0.25, -0.2) is 13.1 Å². The predicted molar refractivity (Wildman–Crippen MR) is 80.9 cm³/mol. The molecule has 0 rings (SSSR count). The summed E-state index contributed by atoms with van der Waals surface area (Å²) in [6.07, 6.45) is 12.0. The van der Waals surface area contributed by atoms with Crippen LogP contribution in [0.5, 0.6) is 0 Å². The fraction of sp³-hybridized carbons (Fsp3) is 0.786. The average Bonchev–Trinajstić information content (AvgIpc) is 2.39. The quantitative estimate of drug-likeness (QED) is 0.512. The third kappa shape index (κ3) is 13.5. The zero-order valence-electron chi connectivity index (χ0n) is 12.3. The van der Waals surface area contributed by atoms with Crippen molar-refractivity contribution in [3.8, 4) is 0 Å². The summed E-state index contributed by atoms with van der Waals surface area (Å²) in [5, 5.41) is 9.42. The van der Waals surface area contributed by atoms with Crippen LogP contribution in [0.4, 0.5) is 0 Å². The zero-order chi connectivity index (χ0) is 15.3. The molecule has 118 valence electrons. The minimum Gasteiger partial charge on any atom is -0.480 e. The maximum atomic E-state index is 11.3. The molecular formula is C14H27NO4S. The first-order chi connectivity index (χ1) is 9.48. The molecule has 0 amide bonds. The SMILES string of the molecule is CCCCCCCCCC/C=C/S(=O)(=O)NCC(=O)O. The van der Waals surface area contributed by atoms with Gasteiger partial charge in [0.05, 0.1) is 0 Å². The van der Waals surface area contributed by atoms with E-state index < -0.39 is 22.5 Å². The standard InChI is InChI=1S/C14H27NO4S/c1-2-3-4-5-6-7-8-9-10-11-12-20(18,19)15-13-14(16)17/h11-12,15H,2-10,13H2,1H3,(H,16,17)/b12-11+. The van der Waals surface area contributed by atoms with E-state index in [-0.39, 0.29) is 0 Å². The van der Waals surface area contributed by atoms with Gasteiger partial charge in [0.2, 0.25) is 10.0 Å². The lowest BCUT2D eigenvalue weighted by atomic mass is 10.1. The van der Waals surface area contributed by atoms with Crippen LogP contribution in [-0.4, -0.2) is 26.0 Å². The summed E-state index contributed by atoms with van der Waals surface area (Å²) in [6, 6.07) is 0. The van der Waals surface area contributed by atoms with Crippen molar-refractivity contribution in [2.24, 2.45) is 0 Å². The number of sulfonamides is 1. The van der Waals surface area contributed by atoms with E-state index in [9.17, 15) is 13.2 Å². The van der Waals surface area contributed by atoms with Crippen LogP contribution in [0, 0.1) is 0 Å². The summed E-state index contributed by atoms with van der Waals surface area (Å²) in [5.74, 6) is -1.19. The highest BCUT2D eigenvalue weighted by Gasteiger charge is 2.06. The molecule has 0 fully saturated rings. The maximum absolute atomic E-state index is 11.3. The first-order valence-electron chi connectivity index (χ1n) is 7.36. The Kier molecular flexibility index (Phi) is 11.4. The fourth-order valence-electron chi connectivity index (χ4n) is 1.80. The summed E-state index contributed by atoms with van der Waals surface area (Å²) in [4.78, 5) is 10.2. The van der Waals surface area contributed by atoms with Gasteiger partial charge in [0.15, 0.2) is 0 Å². The maximum Gasteiger partial charge on any atom is 0.318 e. The van der Waals surface area contributed by atoms with Gasteiger partial charge in [-0.05, 0) is 12.8 Å². The van der Waals surface area contributed by atoms with Gasteiger partial charge < -0.3 is 5.11 Å². The van der Waals surface area contributed by atoms with Gasteiger partial charge in [-0.2, -0.15) is 0 Å². The number of allylic oxidation sites excluding steroid dienone is 1. The Bertz CT molecular complexity index is 377. The van der Waals surface area contributed by atoms with E-state index in [4.69, 9.17) is 5.11 Å². The van der Waals surface area contributed by atoms with Crippen LogP contribution >= 0.6 is 0 Å². The average molecular weight is 305 g/mol. The van der Waals surface area contributed by atoms with E-state index in [1.807, 2.05) is 4.72 Å². The van der Waals surface area contributed by atoms with Crippen molar-refractivity contribution in [1.29, 1.82) is 0 Å². The van der Waals surface area contributed by atoms with E-state index in [0.717, 1.165) is 18.2 Å². The summed E-state index contributed by atoms with van der Waals surface area (Å²) in [7, 11) is -3.60. The lowest BCUT2D eigenvalue weighted by molar-refractivity contribution is -0.135. The minimum atomic E-state index is -3.60. The molecule has 0 aromatic carbocycles. The predicted octanol–water partition coefficient (Wildman–Crippen LogP) is 3.03. The van der Waals surface area contributed by atoms with Gasteiger partial charge in [-0.3, -0.25) is 4.79 Å². The van der Waals surface area contributed by atoms with Crippen molar-refractivity contribution in [2.45, 2.75) is 64.7 Å². The Morgan fingerprint density at radius 1 is 1.05 bits per heavy atom. The van der Waals surface area contributed by atoms with Crippen molar-refractivity contribution in [1.82, 2.24) is 4.72 Å². The highest BCUT2D eigenvalue weighted by Crippen LogP contribution is 2.09. The van der Waals surface area contributed by atoms with Crippen molar-refractivity contribution in [3.05, 3.63) is 11.5 Å². The molecule has 0 spiro atoms. The van der Waals surface area contributed by atoms with E-state index in [0.29, 0.717) is 6.42 Å². The highest BCUT2D eigenvalue weighted by atomic mass is 32.2. The Balaban J connectivity index is 3.53. The molecule has 0 aliphatic rings. The van der Waals surface area contributed by atoms with Gasteiger partial charge in [0, 0.05) is 5.41 Å². The van der Waals surface area contributed by atoms with Crippen molar-refractivity contribution in [2.75, 3.05) is 6.54 Å². The van der Waals surface area contributed by atoms with Crippen molar-refractivity contribution < 1.29 is 18.3 Å². The van der Waals surface area contributed by atoms with Crippen LogP contribution < -0.4 is 4.72 Å². The van der Waals surface area contributed by atoms with Gasteiger partial charge in [0.1, 0.15) is 6.54 Å². The lowest BCUT2D eigenvalue weighted by Crippen LogP contribution is -2.27. The number of hydrogen-bond donors (Lipinski definition) is 2. The van der Waals surface area contributed by atoms with Crippen LogP contribution in [0.25, 0.3) is 0 Å². The molecule has 0 aliphatic heterocycles. The molecule has 0 heterocycles. The van der Waals surface area contributed by atoms with Gasteiger partial charge in [-0.1, -0.05) is 57.9 Å². The molecule has 0 bridgehead atoms. The van der Waals surface area contributed by atoms with Gasteiger partial charge in [-0.15, -0.1) is 0 Å². The van der Waals surface area contributed by atoms with E-state index in [1.165, 1.54) is 38.5 Å². The van der Waals surface area contributed by atoms with Crippen LogP contribution in [0.15, 0.2) is 11.5 Å². The third-order valence-corrected chi connectivity index (χ3v) is 4.02. The molecule has 0 aliphatic carbocycles. The number of carboxylic acids is 1. The molecule has 0 aromatic heterocycles. The number of unbranched alkanes of at least 4 members (excludes halogenated alkanes) is 8. The summed E-state index contributed by atoms with van der Waals surface area (Å²) >= 11 is 0. The van der Waals surface area contributed by atoms with Crippen LogP contribution in [0.1, 0.15) is 64.7 Å². The summed E-state index contributed by atoms with van der Waals surface area (Å²) < 4.78 is 24.6. The molecular weight excluding hydrogens is 278 g/mol. The number of hydrogen-bond acceptors (Lipinski definition) is 3. The van der Waals surface area contributed by atoms with Gasteiger partial charge >= 0.3 is 5.97 Å². The second-order valence-electron chi connectivity index (χ2n) is 4.90. The van der Waals surface area contributed by atoms with Gasteiger partial charge in [0.25, 0.3) is 0 Å². The van der Waals surface area contributed by atoms with E-state index >= 15 is 0 Å². The number of carbonyl (C=O) groups is 1. The topological polar surface area (TPSA) is 83.5 Å². The molecule has 0 radical (unpaired) electrons. The molecule has 0 aromatic rings. The second-order valence-corrected chi connectivity index (χ2v) is 6.55. The summed E-state index contributed by atoms with van der Waals surface area (Å²) in [6.45, 7) is 1.62. The van der Waals surface area contributed by atoms with Crippen LogP contribution in [0.2, 0.25) is 0 Å². The number of aliphatic carboxylic acids is 1. The molecule has 0 saturated heterocycles. The first kappa shape index (κ1) is 19.1. The van der Waals surface area contributed by atoms with Crippen molar-refractivity contribution >= 4 is 16.0 Å². The Morgan fingerprint density at radius 3 is 2.15 bits per heavy atom. The van der Waals surface area contributed by atoms with Crippen molar-refractivity contribution in [3.63, 3.8) is 0 Å². The Labute approximate surface area is 122 Å². The zero-order valence-corrected chi connectivity index (χ0v) is 13.1. The second kappa shape index (κ2) is 11.9. The summed E-state index contributed by atoms with van der Waals surface area (Å²) in [5.41, 5.74) is 0. The minimum absolute atomic E-state index is 0.579. The smallest absolute Gasteiger partial charge is 0.318 e. The molecule has 0 unspecified atom stereocenters. The van der Waals surface area contributed by atoms with Crippen LogP contribution in [0.3, 0.4) is 0 Å². The highest BCUT2D eigenvalue weighted by molar-refractivity contribution is 7.92. The normalized spacial score (nSPS) is 12.1. The number of carboxylic acid groups (broad SMARTS) is 1. The molecule has 5 nitrogen and oxygen atoms in total. The fourth-order valence-corrected chi connectivity index (χ4v) is 2.61. The molecule has 0 saturated carbocycles. The van der Waals surface area contributed by atoms with E-state index in [2.05, 4.69) is 6.92 Å². The molecule has 6 heteroatoms. The number of nitrogens with one attached hydrogen (secondary N) is 1. The van der Waals surface area contributed by atoms with Crippen LogP contribution in [-0.2, 0) is 14.8 Å². The third-order valence-electron chi connectivity index (χ3n) is 2.92. The number of rotatable bonds is 13. The molecule has 2 N–H and O–H groups in total. The lowest BCUT2D eigenvalue weighted by Gasteiger charge is -2.00. The molecule has 0 atom stereocenters.